The lowest BCUT2D eigenvalue weighted by molar-refractivity contribution is 0.102. The number of aromatic nitrogens is 1. The minimum Gasteiger partial charge on any atom is -0.322 e. The van der Waals surface area contributed by atoms with Crippen molar-refractivity contribution in [2.24, 2.45) is 7.05 Å². The van der Waals surface area contributed by atoms with E-state index in [-0.39, 0.29) is 11.5 Å². The molecule has 1 amide bonds. The first-order chi connectivity index (χ1) is 10.1. The van der Waals surface area contributed by atoms with Crippen LogP contribution in [0.2, 0.25) is 0 Å². The molecule has 21 heavy (non-hydrogen) atoms. The fraction of sp³-hybridized carbons (Fsp3) is 0.250. The molecule has 0 spiro atoms. The minimum atomic E-state index is -0.258. The van der Waals surface area contributed by atoms with Crippen LogP contribution in [0.1, 0.15) is 21.5 Å². The van der Waals surface area contributed by atoms with Crippen LogP contribution < -0.4 is 16.2 Å². The molecule has 0 saturated heterocycles. The highest BCUT2D eigenvalue weighted by Crippen LogP contribution is 2.23. The SMILES string of the molecule is Cn1ccc(C(=O)Nc2cccc3c2CNCC3)cc1=O. The van der Waals surface area contributed by atoms with Crippen molar-refractivity contribution in [1.82, 2.24) is 9.88 Å². The molecule has 2 aromatic rings. The van der Waals surface area contributed by atoms with Gasteiger partial charge in [0.05, 0.1) is 0 Å². The topological polar surface area (TPSA) is 63.1 Å². The van der Waals surface area contributed by atoms with Crippen LogP contribution in [0.25, 0.3) is 0 Å². The summed E-state index contributed by atoms with van der Waals surface area (Å²) in [6.07, 6.45) is 2.56. The average Bonchev–Trinajstić information content (AvgIpc) is 2.50. The maximum absolute atomic E-state index is 12.3. The van der Waals surface area contributed by atoms with Gasteiger partial charge in [0.1, 0.15) is 0 Å². The molecule has 0 bridgehead atoms. The average molecular weight is 283 g/mol. The van der Waals surface area contributed by atoms with Gasteiger partial charge in [-0.2, -0.15) is 0 Å². The molecule has 1 aliphatic heterocycles. The second-order valence-corrected chi connectivity index (χ2v) is 5.19. The van der Waals surface area contributed by atoms with Gasteiger partial charge in [0.15, 0.2) is 0 Å². The number of carbonyl (C=O) groups is 1. The van der Waals surface area contributed by atoms with Gasteiger partial charge in [-0.1, -0.05) is 12.1 Å². The Kier molecular flexibility index (Phi) is 3.58. The summed E-state index contributed by atoms with van der Waals surface area (Å²) >= 11 is 0. The van der Waals surface area contributed by atoms with Gasteiger partial charge in [-0.3, -0.25) is 9.59 Å². The van der Waals surface area contributed by atoms with Crippen molar-refractivity contribution in [3.05, 3.63) is 63.6 Å². The van der Waals surface area contributed by atoms with Crippen LogP contribution in [0, 0.1) is 0 Å². The molecule has 0 fully saturated rings. The van der Waals surface area contributed by atoms with E-state index in [1.807, 2.05) is 12.1 Å². The van der Waals surface area contributed by atoms with Crippen LogP contribution in [-0.2, 0) is 20.0 Å². The number of hydrogen-bond acceptors (Lipinski definition) is 3. The maximum Gasteiger partial charge on any atom is 0.255 e. The Bertz CT molecular complexity index is 749. The normalized spacial score (nSPS) is 13.6. The number of nitrogens with one attached hydrogen (secondary N) is 2. The molecule has 2 N–H and O–H groups in total. The van der Waals surface area contributed by atoms with Crippen LogP contribution in [0.5, 0.6) is 0 Å². The number of fused-ring (bicyclic) bond motifs is 1. The molecule has 5 heteroatoms. The lowest BCUT2D eigenvalue weighted by Crippen LogP contribution is -2.26. The zero-order valence-electron chi connectivity index (χ0n) is 11.8. The lowest BCUT2D eigenvalue weighted by Gasteiger charge is -2.20. The Hall–Kier alpha value is -2.40. The third-order valence-corrected chi connectivity index (χ3v) is 3.76. The summed E-state index contributed by atoms with van der Waals surface area (Å²) < 4.78 is 1.44. The summed E-state index contributed by atoms with van der Waals surface area (Å²) in [5.41, 5.74) is 3.38. The number of rotatable bonds is 2. The third kappa shape index (κ3) is 2.73. The third-order valence-electron chi connectivity index (χ3n) is 3.76. The number of nitrogens with zero attached hydrogens (tertiary/aromatic N) is 1. The van der Waals surface area contributed by atoms with E-state index in [1.165, 1.54) is 16.2 Å². The molecule has 3 rings (SSSR count). The second-order valence-electron chi connectivity index (χ2n) is 5.19. The quantitative estimate of drug-likeness (QED) is 0.873. The highest BCUT2D eigenvalue weighted by Gasteiger charge is 2.15. The summed E-state index contributed by atoms with van der Waals surface area (Å²) in [7, 11) is 1.66. The Morgan fingerprint density at radius 1 is 1.33 bits per heavy atom. The summed E-state index contributed by atoms with van der Waals surface area (Å²) in [5.74, 6) is -0.258. The van der Waals surface area contributed by atoms with E-state index in [4.69, 9.17) is 0 Å². The van der Waals surface area contributed by atoms with Crippen molar-refractivity contribution in [2.45, 2.75) is 13.0 Å². The van der Waals surface area contributed by atoms with Crippen molar-refractivity contribution in [3.8, 4) is 0 Å². The zero-order chi connectivity index (χ0) is 14.8. The number of benzene rings is 1. The van der Waals surface area contributed by atoms with Crippen molar-refractivity contribution in [3.63, 3.8) is 0 Å². The van der Waals surface area contributed by atoms with Gasteiger partial charge in [0.25, 0.3) is 11.5 Å². The molecule has 2 heterocycles. The smallest absolute Gasteiger partial charge is 0.255 e. The van der Waals surface area contributed by atoms with Gasteiger partial charge in [0, 0.05) is 37.1 Å². The first-order valence-corrected chi connectivity index (χ1v) is 6.94. The van der Waals surface area contributed by atoms with Crippen molar-refractivity contribution >= 4 is 11.6 Å². The Morgan fingerprint density at radius 2 is 2.19 bits per heavy atom. The van der Waals surface area contributed by atoms with E-state index in [9.17, 15) is 9.59 Å². The van der Waals surface area contributed by atoms with Gasteiger partial charge in [-0.25, -0.2) is 0 Å². The summed E-state index contributed by atoms with van der Waals surface area (Å²) in [6.45, 7) is 1.71. The van der Waals surface area contributed by atoms with Gasteiger partial charge in [-0.05, 0) is 36.2 Å². The highest BCUT2D eigenvalue weighted by molar-refractivity contribution is 6.04. The van der Waals surface area contributed by atoms with Gasteiger partial charge in [-0.15, -0.1) is 0 Å². The molecule has 0 saturated carbocycles. The Labute approximate surface area is 122 Å². The predicted molar refractivity (Wildman–Crippen MR) is 81.5 cm³/mol. The molecule has 1 aromatic carbocycles. The molecule has 1 aromatic heterocycles. The van der Waals surface area contributed by atoms with Crippen molar-refractivity contribution in [2.75, 3.05) is 11.9 Å². The van der Waals surface area contributed by atoms with Gasteiger partial charge < -0.3 is 15.2 Å². The molecule has 5 nitrogen and oxygen atoms in total. The first-order valence-electron chi connectivity index (χ1n) is 6.94. The zero-order valence-corrected chi connectivity index (χ0v) is 11.8. The Morgan fingerprint density at radius 3 is 3.00 bits per heavy atom. The Balaban J connectivity index is 1.88. The summed E-state index contributed by atoms with van der Waals surface area (Å²) in [4.78, 5) is 23.9. The number of carbonyl (C=O) groups excluding carboxylic acids is 1. The van der Waals surface area contributed by atoms with E-state index in [0.29, 0.717) is 5.56 Å². The van der Waals surface area contributed by atoms with E-state index >= 15 is 0 Å². The standard InChI is InChI=1S/C16H17N3O2/c1-19-8-6-12(9-15(19)20)16(21)18-14-4-2-3-11-5-7-17-10-13(11)14/h2-4,6,8-9,17H,5,7,10H2,1H3,(H,18,21). The molecule has 0 aliphatic carbocycles. The van der Waals surface area contributed by atoms with Crippen molar-refractivity contribution in [1.29, 1.82) is 0 Å². The van der Waals surface area contributed by atoms with E-state index in [2.05, 4.69) is 16.7 Å². The molecule has 0 radical (unpaired) electrons. The number of aryl methyl sites for hydroxylation is 1. The van der Waals surface area contributed by atoms with Crippen LogP contribution >= 0.6 is 0 Å². The van der Waals surface area contributed by atoms with E-state index in [1.54, 1.807) is 19.3 Å². The number of pyridine rings is 1. The lowest BCUT2D eigenvalue weighted by atomic mass is 9.99. The summed E-state index contributed by atoms with van der Waals surface area (Å²) in [6, 6.07) is 8.92. The largest absolute Gasteiger partial charge is 0.322 e. The molecule has 0 atom stereocenters. The highest BCUT2D eigenvalue weighted by atomic mass is 16.2. The van der Waals surface area contributed by atoms with E-state index < -0.39 is 0 Å². The van der Waals surface area contributed by atoms with Crippen LogP contribution in [-0.4, -0.2) is 17.0 Å². The second kappa shape index (κ2) is 5.54. The number of hydrogen-bond donors (Lipinski definition) is 2. The number of amides is 1. The first kappa shape index (κ1) is 13.6. The molecule has 108 valence electrons. The van der Waals surface area contributed by atoms with Crippen LogP contribution in [0.3, 0.4) is 0 Å². The molecule has 0 unspecified atom stereocenters. The van der Waals surface area contributed by atoms with Crippen LogP contribution in [0.4, 0.5) is 5.69 Å². The summed E-state index contributed by atoms with van der Waals surface area (Å²) in [5, 5.41) is 6.21. The van der Waals surface area contributed by atoms with Crippen molar-refractivity contribution < 1.29 is 4.79 Å². The molecular weight excluding hydrogens is 266 g/mol. The fourth-order valence-corrected chi connectivity index (χ4v) is 2.52. The number of anilines is 1. The predicted octanol–water partition coefficient (Wildman–Crippen LogP) is 1.28. The van der Waals surface area contributed by atoms with Gasteiger partial charge in [0.2, 0.25) is 0 Å². The molecule has 1 aliphatic rings. The van der Waals surface area contributed by atoms with Gasteiger partial charge >= 0.3 is 0 Å². The minimum absolute atomic E-state index is 0.195. The molecular formula is C16H17N3O2. The maximum atomic E-state index is 12.3. The fourth-order valence-electron chi connectivity index (χ4n) is 2.52. The monoisotopic (exact) mass is 283 g/mol. The van der Waals surface area contributed by atoms with E-state index in [0.717, 1.165) is 30.8 Å². The van der Waals surface area contributed by atoms with Crippen LogP contribution in [0.15, 0.2) is 41.3 Å².